The van der Waals surface area contributed by atoms with Gasteiger partial charge in [0, 0.05) is 36.9 Å². The Hall–Kier alpha value is -2.19. The Morgan fingerprint density at radius 3 is 2.27 bits per heavy atom. The first-order chi connectivity index (χ1) is 13.5. The van der Waals surface area contributed by atoms with Crippen LogP contribution in [0.4, 0.5) is 5.69 Å². The molecule has 9 heteroatoms. The van der Waals surface area contributed by atoms with Gasteiger partial charge in [-0.05, 0) is 55.5 Å². The third-order valence-corrected chi connectivity index (χ3v) is 5.05. The lowest BCUT2D eigenvalue weighted by Gasteiger charge is -2.28. The van der Waals surface area contributed by atoms with Crippen LogP contribution in [0.3, 0.4) is 0 Å². The molecule has 0 radical (unpaired) electrons. The van der Waals surface area contributed by atoms with Crippen molar-refractivity contribution in [3.8, 4) is 0 Å². The number of benzene rings is 1. The number of halogens is 2. The van der Waals surface area contributed by atoms with Crippen LogP contribution in [-0.2, 0) is 9.53 Å². The van der Waals surface area contributed by atoms with Crippen molar-refractivity contribution >= 4 is 42.3 Å². The summed E-state index contributed by atoms with van der Waals surface area (Å²) in [5.41, 5.74) is 8.30. The minimum absolute atomic E-state index is 0. The Labute approximate surface area is 189 Å². The van der Waals surface area contributed by atoms with Gasteiger partial charge in [0.25, 0.3) is 5.91 Å². The summed E-state index contributed by atoms with van der Waals surface area (Å²) in [5, 5.41) is 5.82. The van der Waals surface area contributed by atoms with E-state index in [1.165, 1.54) is 0 Å². The van der Waals surface area contributed by atoms with E-state index in [9.17, 15) is 9.59 Å². The van der Waals surface area contributed by atoms with Gasteiger partial charge in [-0.3, -0.25) is 14.6 Å². The molecule has 2 unspecified atom stereocenters. The standard InChI is InChI=1S/C21H26N4O3.2ClH/c1-14(24-21(27)19(22)16-8-12-28-13-9-16)15-2-4-18(5-3-15)25-20(26)17-6-10-23-11-7-17;;/h2-7,10-11,14,16,19H,8-9,12-13,22H2,1H3,(H,24,27)(H,25,26);2*1H. The van der Waals surface area contributed by atoms with E-state index < -0.39 is 6.04 Å². The molecule has 2 aromatic rings. The molecule has 1 fully saturated rings. The fraction of sp³-hybridized carbons (Fsp3) is 0.381. The van der Waals surface area contributed by atoms with E-state index in [0.29, 0.717) is 24.5 Å². The van der Waals surface area contributed by atoms with Crippen molar-refractivity contribution in [3.63, 3.8) is 0 Å². The predicted molar refractivity (Wildman–Crippen MR) is 121 cm³/mol. The summed E-state index contributed by atoms with van der Waals surface area (Å²) in [4.78, 5) is 28.5. The predicted octanol–water partition coefficient (Wildman–Crippen LogP) is 3.11. The number of carbonyl (C=O) groups excluding carboxylic acids is 2. The van der Waals surface area contributed by atoms with E-state index in [1.54, 1.807) is 24.5 Å². The highest BCUT2D eigenvalue weighted by Crippen LogP contribution is 2.20. The largest absolute Gasteiger partial charge is 0.381 e. The molecule has 1 aromatic carbocycles. The highest BCUT2D eigenvalue weighted by molar-refractivity contribution is 6.04. The van der Waals surface area contributed by atoms with Crippen molar-refractivity contribution in [3.05, 3.63) is 59.9 Å². The number of nitrogens with zero attached hydrogens (tertiary/aromatic N) is 1. The number of hydrogen-bond acceptors (Lipinski definition) is 5. The van der Waals surface area contributed by atoms with Gasteiger partial charge in [-0.1, -0.05) is 12.1 Å². The van der Waals surface area contributed by atoms with E-state index in [4.69, 9.17) is 10.5 Å². The number of pyridine rings is 1. The Bertz CT molecular complexity index is 800. The van der Waals surface area contributed by atoms with Gasteiger partial charge < -0.3 is 21.1 Å². The fourth-order valence-electron chi connectivity index (χ4n) is 3.24. The van der Waals surface area contributed by atoms with Crippen molar-refractivity contribution in [1.82, 2.24) is 10.3 Å². The lowest BCUT2D eigenvalue weighted by molar-refractivity contribution is -0.125. The van der Waals surface area contributed by atoms with Crippen LogP contribution in [0.15, 0.2) is 48.8 Å². The second-order valence-corrected chi connectivity index (χ2v) is 7.02. The average Bonchev–Trinajstić information content (AvgIpc) is 2.74. The molecule has 1 saturated heterocycles. The fourth-order valence-corrected chi connectivity index (χ4v) is 3.24. The molecule has 1 aromatic heterocycles. The van der Waals surface area contributed by atoms with Crippen LogP contribution in [0.25, 0.3) is 0 Å². The molecule has 2 heterocycles. The van der Waals surface area contributed by atoms with E-state index >= 15 is 0 Å². The molecule has 2 atom stereocenters. The first-order valence-corrected chi connectivity index (χ1v) is 9.49. The number of carbonyl (C=O) groups is 2. The molecule has 1 aliphatic rings. The highest BCUT2D eigenvalue weighted by Gasteiger charge is 2.27. The summed E-state index contributed by atoms with van der Waals surface area (Å²) in [7, 11) is 0. The van der Waals surface area contributed by atoms with Gasteiger partial charge in [0.2, 0.25) is 5.91 Å². The van der Waals surface area contributed by atoms with Crippen LogP contribution < -0.4 is 16.4 Å². The number of nitrogens with one attached hydrogen (secondary N) is 2. The number of anilines is 1. The second kappa shape index (κ2) is 12.5. The molecule has 0 spiro atoms. The zero-order chi connectivity index (χ0) is 19.9. The van der Waals surface area contributed by atoms with Gasteiger partial charge in [0.1, 0.15) is 0 Å². The van der Waals surface area contributed by atoms with E-state index in [2.05, 4.69) is 15.6 Å². The minimum atomic E-state index is -0.523. The van der Waals surface area contributed by atoms with Crippen LogP contribution in [0, 0.1) is 5.92 Å². The van der Waals surface area contributed by atoms with E-state index in [1.807, 2.05) is 31.2 Å². The Balaban J connectivity index is 0.00000225. The summed E-state index contributed by atoms with van der Waals surface area (Å²) in [6, 6.07) is 10.0. The maximum atomic E-state index is 12.5. The topological polar surface area (TPSA) is 106 Å². The van der Waals surface area contributed by atoms with Crippen LogP contribution in [0.2, 0.25) is 0 Å². The maximum Gasteiger partial charge on any atom is 0.255 e. The zero-order valence-corrected chi connectivity index (χ0v) is 18.4. The summed E-state index contributed by atoms with van der Waals surface area (Å²) < 4.78 is 5.33. The molecule has 3 rings (SSSR count). The quantitative estimate of drug-likeness (QED) is 0.621. The van der Waals surface area contributed by atoms with Crippen LogP contribution in [-0.4, -0.2) is 36.1 Å². The van der Waals surface area contributed by atoms with Gasteiger partial charge in [-0.15, -0.1) is 24.8 Å². The molecular formula is C21H28Cl2N4O3. The Morgan fingerprint density at radius 2 is 1.67 bits per heavy atom. The van der Waals surface area contributed by atoms with E-state index in [0.717, 1.165) is 18.4 Å². The van der Waals surface area contributed by atoms with Crippen molar-refractivity contribution in [2.24, 2.45) is 11.7 Å². The van der Waals surface area contributed by atoms with Crippen LogP contribution in [0.5, 0.6) is 0 Å². The van der Waals surface area contributed by atoms with Gasteiger partial charge in [-0.25, -0.2) is 0 Å². The molecular weight excluding hydrogens is 427 g/mol. The number of hydrogen-bond donors (Lipinski definition) is 3. The number of amides is 2. The van der Waals surface area contributed by atoms with Gasteiger partial charge in [0.15, 0.2) is 0 Å². The average molecular weight is 455 g/mol. The summed E-state index contributed by atoms with van der Waals surface area (Å²) in [6.07, 6.45) is 4.78. The zero-order valence-electron chi connectivity index (χ0n) is 16.7. The Kier molecular flexibility index (Phi) is 10.8. The lowest BCUT2D eigenvalue weighted by Crippen LogP contribution is -2.47. The smallest absolute Gasteiger partial charge is 0.255 e. The van der Waals surface area contributed by atoms with Gasteiger partial charge in [0.05, 0.1) is 12.1 Å². The molecule has 4 N–H and O–H groups in total. The third kappa shape index (κ3) is 6.95. The molecule has 164 valence electrons. The third-order valence-electron chi connectivity index (χ3n) is 5.05. The van der Waals surface area contributed by atoms with Crippen molar-refractivity contribution in [2.45, 2.75) is 31.8 Å². The molecule has 0 saturated carbocycles. The highest BCUT2D eigenvalue weighted by atomic mass is 35.5. The molecule has 2 amide bonds. The monoisotopic (exact) mass is 454 g/mol. The second-order valence-electron chi connectivity index (χ2n) is 7.02. The summed E-state index contributed by atoms with van der Waals surface area (Å²) >= 11 is 0. The van der Waals surface area contributed by atoms with Crippen molar-refractivity contribution in [1.29, 1.82) is 0 Å². The number of rotatable bonds is 6. The maximum absolute atomic E-state index is 12.5. The molecule has 1 aliphatic heterocycles. The van der Waals surface area contributed by atoms with Gasteiger partial charge >= 0.3 is 0 Å². The number of nitrogens with two attached hydrogens (primary N) is 1. The van der Waals surface area contributed by atoms with Crippen molar-refractivity contribution in [2.75, 3.05) is 18.5 Å². The minimum Gasteiger partial charge on any atom is -0.381 e. The summed E-state index contributed by atoms with van der Waals surface area (Å²) in [5.74, 6) is -0.180. The van der Waals surface area contributed by atoms with E-state index in [-0.39, 0.29) is 48.6 Å². The Morgan fingerprint density at radius 1 is 1.07 bits per heavy atom. The lowest BCUT2D eigenvalue weighted by atomic mass is 9.91. The van der Waals surface area contributed by atoms with Crippen LogP contribution >= 0.6 is 24.8 Å². The first kappa shape index (κ1) is 25.8. The molecule has 0 aliphatic carbocycles. The SMILES string of the molecule is CC(NC(=O)C(N)C1CCOCC1)c1ccc(NC(=O)c2ccncc2)cc1.Cl.Cl. The number of aromatic nitrogens is 1. The normalized spacial score (nSPS) is 15.7. The molecule has 0 bridgehead atoms. The van der Waals surface area contributed by atoms with Crippen LogP contribution in [0.1, 0.15) is 41.7 Å². The molecule has 30 heavy (non-hydrogen) atoms. The summed E-state index contributed by atoms with van der Waals surface area (Å²) in [6.45, 7) is 3.24. The first-order valence-electron chi connectivity index (χ1n) is 9.49. The van der Waals surface area contributed by atoms with Gasteiger partial charge in [-0.2, -0.15) is 0 Å². The number of ether oxygens (including phenoxy) is 1. The molecule has 7 nitrogen and oxygen atoms in total. The van der Waals surface area contributed by atoms with Crippen molar-refractivity contribution < 1.29 is 14.3 Å².